The van der Waals surface area contributed by atoms with E-state index >= 15 is 0 Å². The molecule has 3 aliphatic carbocycles. The summed E-state index contributed by atoms with van der Waals surface area (Å²) in [5.41, 5.74) is 7.07. The van der Waals surface area contributed by atoms with Gasteiger partial charge < -0.3 is 4.74 Å². The summed E-state index contributed by atoms with van der Waals surface area (Å²) in [6.45, 7) is 0. The fourth-order valence-electron chi connectivity index (χ4n) is 2.22. The van der Waals surface area contributed by atoms with Crippen molar-refractivity contribution in [1.82, 2.24) is 5.73 Å². The summed E-state index contributed by atoms with van der Waals surface area (Å²) < 4.78 is 4.62. The van der Waals surface area contributed by atoms with Gasteiger partial charge in [-0.05, 0) is 19.3 Å². The summed E-state index contributed by atoms with van der Waals surface area (Å²) in [5, 5.41) is 0. The number of hydrogen-bond donors (Lipinski definition) is 0. The minimum atomic E-state index is -0.242. The molecule has 10 heavy (non-hydrogen) atoms. The smallest absolute Gasteiger partial charge is 0.312 e. The van der Waals surface area contributed by atoms with E-state index in [1.54, 1.807) is 0 Å². The van der Waals surface area contributed by atoms with Crippen molar-refractivity contribution in [3.63, 3.8) is 0 Å². The second-order valence-electron chi connectivity index (χ2n) is 3.58. The summed E-state index contributed by atoms with van der Waals surface area (Å²) in [4.78, 5) is 11.0. The molecule has 3 aliphatic rings. The van der Waals surface area contributed by atoms with Gasteiger partial charge in [-0.2, -0.15) is 0 Å². The SMILES string of the molecule is COC(=O)C12CC([NH])(C1)C2. The van der Waals surface area contributed by atoms with Gasteiger partial charge in [-0.15, -0.1) is 0 Å². The highest BCUT2D eigenvalue weighted by Gasteiger charge is 2.71. The maximum atomic E-state index is 11.0. The maximum absolute atomic E-state index is 11.0. The lowest BCUT2D eigenvalue weighted by Crippen LogP contribution is -2.71. The highest BCUT2D eigenvalue weighted by molar-refractivity contribution is 5.81. The number of hydrogen-bond acceptors (Lipinski definition) is 2. The second kappa shape index (κ2) is 1.37. The quantitative estimate of drug-likeness (QED) is 0.494. The van der Waals surface area contributed by atoms with Crippen LogP contribution >= 0.6 is 0 Å². The van der Waals surface area contributed by atoms with Crippen LogP contribution in [0, 0.1) is 5.41 Å². The lowest BCUT2D eigenvalue weighted by molar-refractivity contribution is -0.196. The molecule has 0 heterocycles. The first-order valence-corrected chi connectivity index (χ1v) is 3.44. The molecule has 55 valence electrons. The zero-order valence-corrected chi connectivity index (χ0v) is 5.94. The molecule has 0 unspecified atom stereocenters. The van der Waals surface area contributed by atoms with Crippen molar-refractivity contribution in [2.24, 2.45) is 5.41 Å². The van der Waals surface area contributed by atoms with Crippen LogP contribution in [-0.2, 0) is 9.53 Å². The van der Waals surface area contributed by atoms with Gasteiger partial charge in [0.2, 0.25) is 0 Å². The largest absolute Gasteiger partial charge is 0.469 e. The van der Waals surface area contributed by atoms with Gasteiger partial charge in [-0.1, -0.05) is 0 Å². The van der Waals surface area contributed by atoms with Gasteiger partial charge >= 0.3 is 5.97 Å². The second-order valence-corrected chi connectivity index (χ2v) is 3.58. The highest BCUT2D eigenvalue weighted by Crippen LogP contribution is 2.67. The Hall–Kier alpha value is -0.570. The molecule has 0 aromatic carbocycles. The Morgan fingerprint density at radius 3 is 2.30 bits per heavy atom. The van der Waals surface area contributed by atoms with Crippen molar-refractivity contribution in [3.8, 4) is 0 Å². The van der Waals surface area contributed by atoms with E-state index in [4.69, 9.17) is 5.73 Å². The fourth-order valence-corrected chi connectivity index (χ4v) is 2.22. The molecule has 0 spiro atoms. The number of esters is 1. The molecule has 0 saturated heterocycles. The van der Waals surface area contributed by atoms with E-state index in [0.717, 1.165) is 19.3 Å². The van der Waals surface area contributed by atoms with Crippen LogP contribution in [0.15, 0.2) is 0 Å². The molecule has 3 nitrogen and oxygen atoms in total. The summed E-state index contributed by atoms with van der Waals surface area (Å²) in [6, 6.07) is 0. The number of methoxy groups -OCH3 is 1. The van der Waals surface area contributed by atoms with Crippen LogP contribution in [0.1, 0.15) is 19.3 Å². The summed E-state index contributed by atoms with van der Waals surface area (Å²) in [5.74, 6) is -0.110. The van der Waals surface area contributed by atoms with Crippen molar-refractivity contribution in [3.05, 3.63) is 0 Å². The zero-order chi connectivity index (χ0) is 7.41. The third-order valence-corrected chi connectivity index (χ3v) is 2.65. The van der Waals surface area contributed by atoms with Crippen molar-refractivity contribution in [2.45, 2.75) is 24.8 Å². The lowest BCUT2D eigenvalue weighted by atomic mass is 9.40. The minimum absolute atomic E-state index is 0.110. The maximum Gasteiger partial charge on any atom is 0.312 e. The zero-order valence-electron chi connectivity index (χ0n) is 5.94. The summed E-state index contributed by atoms with van der Waals surface area (Å²) in [6.07, 6.45) is 2.19. The monoisotopic (exact) mass is 140 g/mol. The van der Waals surface area contributed by atoms with Crippen LogP contribution in [0.25, 0.3) is 0 Å². The number of rotatable bonds is 1. The number of nitrogens with one attached hydrogen (secondary N) is 1. The molecule has 0 aliphatic heterocycles. The Morgan fingerprint density at radius 2 is 2.00 bits per heavy atom. The van der Waals surface area contributed by atoms with Crippen LogP contribution in [0.3, 0.4) is 0 Å². The van der Waals surface area contributed by atoms with Crippen molar-refractivity contribution in [1.29, 1.82) is 0 Å². The van der Waals surface area contributed by atoms with Crippen LogP contribution < -0.4 is 5.73 Å². The first-order valence-electron chi connectivity index (χ1n) is 3.44. The van der Waals surface area contributed by atoms with Crippen LogP contribution in [-0.4, -0.2) is 18.6 Å². The van der Waals surface area contributed by atoms with Crippen LogP contribution in [0.2, 0.25) is 0 Å². The molecule has 0 aromatic heterocycles. The molecule has 3 heteroatoms. The average Bonchev–Trinajstić information content (AvgIpc) is 1.77. The molecule has 3 rings (SSSR count). The Labute approximate surface area is 59.5 Å². The van der Waals surface area contributed by atoms with E-state index in [1.807, 2.05) is 0 Å². The van der Waals surface area contributed by atoms with E-state index in [1.165, 1.54) is 7.11 Å². The predicted octanol–water partition coefficient (Wildman–Crippen LogP) is 0.365. The van der Waals surface area contributed by atoms with Gasteiger partial charge in [0.1, 0.15) is 0 Å². The van der Waals surface area contributed by atoms with Gasteiger partial charge in [0.25, 0.3) is 0 Å². The van der Waals surface area contributed by atoms with E-state index in [-0.39, 0.29) is 16.9 Å². The Bertz CT molecular complexity index is 180. The predicted molar refractivity (Wildman–Crippen MR) is 34.1 cm³/mol. The highest BCUT2D eigenvalue weighted by atomic mass is 16.5. The molecule has 1 N–H and O–H groups in total. The average molecular weight is 140 g/mol. The third-order valence-electron chi connectivity index (χ3n) is 2.65. The fraction of sp³-hybridized carbons (Fsp3) is 0.857. The Kier molecular flexibility index (Phi) is 0.844. The normalized spacial score (nSPS) is 49.0. The standard InChI is InChI=1S/C7H10NO2/c1-10-5(9)6-2-7(8,3-6)4-6/h8H,2-4H2,1H3. The Balaban J connectivity index is 2.04. The molecule has 1 radical (unpaired) electrons. The van der Waals surface area contributed by atoms with E-state index in [0.29, 0.717) is 0 Å². The molecule has 0 atom stereocenters. The molecule has 0 amide bonds. The number of carbonyl (C=O) groups excluding carboxylic acids is 1. The van der Waals surface area contributed by atoms with Crippen LogP contribution in [0.5, 0.6) is 0 Å². The van der Waals surface area contributed by atoms with Crippen LogP contribution in [0.4, 0.5) is 0 Å². The van der Waals surface area contributed by atoms with Crippen molar-refractivity contribution in [2.75, 3.05) is 7.11 Å². The van der Waals surface area contributed by atoms with E-state index in [9.17, 15) is 4.79 Å². The molecule has 2 bridgehead atoms. The topological polar surface area (TPSA) is 50.1 Å². The Morgan fingerprint density at radius 1 is 1.50 bits per heavy atom. The number of ether oxygens (including phenoxy) is 1. The summed E-state index contributed by atoms with van der Waals surface area (Å²) in [7, 11) is 1.42. The van der Waals surface area contributed by atoms with Gasteiger partial charge in [0, 0.05) is 5.54 Å². The minimum Gasteiger partial charge on any atom is -0.469 e. The molecule has 3 saturated carbocycles. The number of carbonyl (C=O) groups is 1. The molecular weight excluding hydrogens is 130 g/mol. The van der Waals surface area contributed by atoms with Gasteiger partial charge in [-0.3, -0.25) is 10.5 Å². The van der Waals surface area contributed by atoms with Gasteiger partial charge in [0.05, 0.1) is 12.5 Å². The van der Waals surface area contributed by atoms with Crippen molar-refractivity contribution < 1.29 is 9.53 Å². The third kappa shape index (κ3) is 0.475. The van der Waals surface area contributed by atoms with Gasteiger partial charge in [-0.25, -0.2) is 0 Å². The molecular formula is C7H10NO2. The molecule has 3 fully saturated rings. The van der Waals surface area contributed by atoms with E-state index in [2.05, 4.69) is 4.74 Å². The van der Waals surface area contributed by atoms with E-state index < -0.39 is 0 Å². The van der Waals surface area contributed by atoms with Crippen molar-refractivity contribution >= 4 is 5.97 Å². The summed E-state index contributed by atoms with van der Waals surface area (Å²) >= 11 is 0. The molecule has 0 aromatic rings. The first-order chi connectivity index (χ1) is 4.60. The first kappa shape index (κ1) is 6.16. The van der Waals surface area contributed by atoms with Gasteiger partial charge in [0.15, 0.2) is 0 Å². The lowest BCUT2D eigenvalue weighted by Gasteiger charge is -2.65.